The molecule has 8 nitrogen and oxygen atoms in total. The second-order valence-corrected chi connectivity index (χ2v) is 11.3. The van der Waals surface area contributed by atoms with Crippen molar-refractivity contribution in [2.24, 2.45) is 7.05 Å². The van der Waals surface area contributed by atoms with Crippen molar-refractivity contribution in [3.8, 4) is 33.5 Å². The third-order valence-corrected chi connectivity index (χ3v) is 8.45. The van der Waals surface area contributed by atoms with Crippen molar-refractivity contribution in [1.82, 2.24) is 24.6 Å². The van der Waals surface area contributed by atoms with Crippen LogP contribution in [-0.4, -0.2) is 63.8 Å². The molecule has 4 heterocycles. The lowest BCUT2D eigenvalue weighted by Crippen LogP contribution is -2.44. The van der Waals surface area contributed by atoms with Gasteiger partial charge in [0.2, 0.25) is 5.91 Å². The van der Waals surface area contributed by atoms with Gasteiger partial charge >= 0.3 is 0 Å². The van der Waals surface area contributed by atoms with Gasteiger partial charge in [-0.05, 0) is 61.9 Å². The predicted octanol–water partition coefficient (Wildman–Crippen LogP) is 6.44. The molecule has 0 saturated carbocycles. The molecule has 2 N–H and O–H groups in total. The predicted molar refractivity (Wildman–Crippen MR) is 172 cm³/mol. The first-order chi connectivity index (χ1) is 20.2. The number of likely N-dealkylation sites (N-methyl/N-ethyl adjacent to an activating group) is 1. The van der Waals surface area contributed by atoms with Gasteiger partial charge in [0.25, 0.3) is 0 Å². The minimum Gasteiger partial charge on any atom is -0.369 e. The van der Waals surface area contributed by atoms with Gasteiger partial charge in [-0.3, -0.25) is 9.48 Å². The Morgan fingerprint density at radius 3 is 2.40 bits per heavy atom. The maximum absolute atomic E-state index is 12.2. The van der Waals surface area contributed by atoms with Crippen molar-refractivity contribution >= 4 is 39.9 Å². The first-order valence-corrected chi connectivity index (χ1v) is 14.4. The highest BCUT2D eigenvalue weighted by atomic mass is 35.5. The largest absolute Gasteiger partial charge is 0.369 e. The average molecular weight is 580 g/mol. The van der Waals surface area contributed by atoms with Crippen LogP contribution >= 0.6 is 11.6 Å². The lowest BCUT2D eigenvalue weighted by Gasteiger charge is -2.34. The van der Waals surface area contributed by atoms with E-state index in [1.807, 2.05) is 39.2 Å². The number of carbonyl (C=O) groups is 1. The summed E-state index contributed by atoms with van der Waals surface area (Å²) in [7, 11) is 4.06. The molecule has 1 aliphatic rings. The molecule has 0 unspecified atom stereocenters. The number of nitrogens with zero attached hydrogens (tertiary/aromatic N) is 5. The molecule has 9 heteroatoms. The minimum absolute atomic E-state index is 0.261. The lowest BCUT2D eigenvalue weighted by atomic mass is 9.96. The Kier molecular flexibility index (Phi) is 7.35. The smallest absolute Gasteiger partial charge is 0.247 e. The Morgan fingerprint density at radius 1 is 1.02 bits per heavy atom. The first-order valence-electron chi connectivity index (χ1n) is 14.0. The molecule has 214 valence electrons. The Bertz CT molecular complexity index is 1810. The summed E-state index contributed by atoms with van der Waals surface area (Å²) in [6, 6.07) is 14.7. The summed E-state index contributed by atoms with van der Waals surface area (Å²) in [5.41, 5.74) is 9.96. The van der Waals surface area contributed by atoms with Gasteiger partial charge in [0, 0.05) is 79.1 Å². The number of aromatic nitrogens is 4. The molecule has 42 heavy (non-hydrogen) atoms. The van der Waals surface area contributed by atoms with E-state index in [-0.39, 0.29) is 5.91 Å². The summed E-state index contributed by atoms with van der Waals surface area (Å²) in [5.74, 6) is -0.261. The van der Waals surface area contributed by atoms with E-state index in [0.29, 0.717) is 16.4 Å². The van der Waals surface area contributed by atoms with Crippen LogP contribution in [0.25, 0.3) is 44.5 Å². The highest BCUT2D eigenvalue weighted by molar-refractivity contribution is 6.39. The molecule has 0 atom stereocenters. The number of hydrogen-bond donors (Lipinski definition) is 2. The van der Waals surface area contributed by atoms with Gasteiger partial charge in [-0.1, -0.05) is 42.4 Å². The van der Waals surface area contributed by atoms with Crippen LogP contribution < -0.4 is 10.2 Å². The number of rotatable bonds is 6. The first kappa shape index (κ1) is 27.8. The second-order valence-electron chi connectivity index (χ2n) is 10.9. The van der Waals surface area contributed by atoms with Gasteiger partial charge in [0.15, 0.2) is 0 Å². The Morgan fingerprint density at radius 2 is 1.74 bits per heavy atom. The third kappa shape index (κ3) is 5.08. The van der Waals surface area contributed by atoms with Crippen LogP contribution in [0, 0.1) is 13.8 Å². The topological polar surface area (TPSA) is 82.1 Å². The fraction of sp³-hybridized carbons (Fsp3) is 0.242. The Labute approximate surface area is 250 Å². The van der Waals surface area contributed by atoms with E-state index in [0.717, 1.165) is 76.3 Å². The monoisotopic (exact) mass is 579 g/mol. The molecule has 0 spiro atoms. The molecular formula is C33H34ClN7O. The fourth-order valence-corrected chi connectivity index (χ4v) is 6.01. The zero-order valence-corrected chi connectivity index (χ0v) is 25.1. The quantitative estimate of drug-likeness (QED) is 0.226. The average Bonchev–Trinajstić information content (AvgIpc) is 3.54. The number of halogens is 1. The summed E-state index contributed by atoms with van der Waals surface area (Å²) in [5, 5.41) is 8.88. The summed E-state index contributed by atoms with van der Waals surface area (Å²) in [6.07, 6.45) is 5.04. The highest BCUT2D eigenvalue weighted by Crippen LogP contribution is 2.45. The van der Waals surface area contributed by atoms with Gasteiger partial charge in [0.05, 0.1) is 16.4 Å². The molecule has 0 bridgehead atoms. The number of aryl methyl sites for hydroxylation is 3. The molecule has 3 aromatic heterocycles. The van der Waals surface area contributed by atoms with Crippen LogP contribution in [0.5, 0.6) is 0 Å². The number of aromatic amines is 1. The fourth-order valence-electron chi connectivity index (χ4n) is 5.67. The number of H-pyrrole nitrogens is 1. The SMILES string of the molecule is C=CC(=O)Nc1cc(-c2c(-c3ccc(N4CCN(C)CC4)cc3)[nH]c3ncc(-c4cn(C)nc4C)c(Cl)c23)ccc1C. The number of piperazine rings is 1. The molecule has 5 aromatic rings. The molecule has 1 aliphatic heterocycles. The summed E-state index contributed by atoms with van der Waals surface area (Å²) < 4.78 is 1.78. The zero-order valence-electron chi connectivity index (χ0n) is 24.3. The van der Waals surface area contributed by atoms with E-state index in [1.165, 1.54) is 11.8 Å². The van der Waals surface area contributed by atoms with E-state index in [1.54, 1.807) is 10.9 Å². The minimum atomic E-state index is -0.261. The molecular weight excluding hydrogens is 546 g/mol. The van der Waals surface area contributed by atoms with E-state index < -0.39 is 0 Å². The van der Waals surface area contributed by atoms with Crippen molar-refractivity contribution in [1.29, 1.82) is 0 Å². The maximum Gasteiger partial charge on any atom is 0.247 e. The van der Waals surface area contributed by atoms with Crippen molar-refractivity contribution < 1.29 is 4.79 Å². The standard InChI is InChI=1S/C33H34ClN7O/c1-6-28(42)36-27-17-23(8-7-20(27)2)29-30-31(34)25(26-19-40(5)38-21(26)3)18-35-33(30)37-32(29)22-9-11-24(12-10-22)41-15-13-39(4)14-16-41/h6-12,17-19H,1,13-16H2,2-5H3,(H,35,37)(H,36,42). The lowest BCUT2D eigenvalue weighted by molar-refractivity contribution is -0.111. The Hall–Kier alpha value is -4.40. The number of anilines is 2. The number of fused-ring (bicyclic) bond motifs is 1. The van der Waals surface area contributed by atoms with Crippen LogP contribution in [-0.2, 0) is 11.8 Å². The summed E-state index contributed by atoms with van der Waals surface area (Å²) in [6.45, 7) is 11.6. The normalized spacial score (nSPS) is 14.0. The molecule has 1 amide bonds. The third-order valence-electron chi connectivity index (χ3n) is 8.06. The van der Waals surface area contributed by atoms with Crippen molar-refractivity contribution in [2.45, 2.75) is 13.8 Å². The van der Waals surface area contributed by atoms with Gasteiger partial charge < -0.3 is 20.1 Å². The van der Waals surface area contributed by atoms with Crippen LogP contribution in [0.3, 0.4) is 0 Å². The van der Waals surface area contributed by atoms with Crippen LogP contribution in [0.2, 0.25) is 5.02 Å². The van der Waals surface area contributed by atoms with Crippen molar-refractivity contribution in [3.05, 3.63) is 83.8 Å². The number of hydrogen-bond acceptors (Lipinski definition) is 5. The van der Waals surface area contributed by atoms with E-state index in [2.05, 4.69) is 69.2 Å². The summed E-state index contributed by atoms with van der Waals surface area (Å²) >= 11 is 7.24. The molecule has 1 saturated heterocycles. The van der Waals surface area contributed by atoms with Crippen molar-refractivity contribution in [2.75, 3.05) is 43.4 Å². The number of amides is 1. The second kappa shape index (κ2) is 11.1. The highest BCUT2D eigenvalue weighted by Gasteiger charge is 2.23. The number of benzene rings is 2. The van der Waals surface area contributed by atoms with Crippen molar-refractivity contribution in [3.63, 3.8) is 0 Å². The van der Waals surface area contributed by atoms with Gasteiger partial charge in [-0.2, -0.15) is 5.10 Å². The van der Waals surface area contributed by atoms with Gasteiger partial charge in [-0.15, -0.1) is 0 Å². The summed E-state index contributed by atoms with van der Waals surface area (Å²) in [4.78, 5) is 25.4. The van der Waals surface area contributed by atoms with Gasteiger partial charge in [0.1, 0.15) is 5.65 Å². The molecule has 6 rings (SSSR count). The molecule has 1 fully saturated rings. The number of pyridine rings is 1. The Balaban J connectivity index is 1.53. The van der Waals surface area contributed by atoms with E-state index in [4.69, 9.17) is 16.6 Å². The van der Waals surface area contributed by atoms with Gasteiger partial charge in [-0.25, -0.2) is 4.98 Å². The van der Waals surface area contributed by atoms with E-state index in [9.17, 15) is 4.79 Å². The van der Waals surface area contributed by atoms with Crippen LogP contribution in [0.1, 0.15) is 11.3 Å². The molecule has 2 aromatic carbocycles. The van der Waals surface area contributed by atoms with Crippen LogP contribution in [0.4, 0.5) is 11.4 Å². The number of nitrogens with one attached hydrogen (secondary N) is 2. The van der Waals surface area contributed by atoms with E-state index >= 15 is 0 Å². The zero-order chi connectivity index (χ0) is 29.5. The van der Waals surface area contributed by atoms with Crippen LogP contribution in [0.15, 0.2) is 67.5 Å². The molecule has 0 aliphatic carbocycles. The number of carbonyl (C=O) groups excluding carboxylic acids is 1. The maximum atomic E-state index is 12.2. The molecule has 0 radical (unpaired) electrons.